The second-order valence-electron chi connectivity index (χ2n) is 2.41. The molecule has 0 aliphatic rings. The van der Waals surface area contributed by atoms with E-state index in [9.17, 15) is 9.18 Å². The molecule has 0 bridgehead atoms. The van der Waals surface area contributed by atoms with Gasteiger partial charge in [-0.05, 0) is 19.1 Å². The van der Waals surface area contributed by atoms with Crippen LogP contribution in [-0.2, 0) is 0 Å². The molecular weight excluding hydrogens is 225 g/mol. The van der Waals surface area contributed by atoms with Crippen LogP contribution in [0.5, 0.6) is 0 Å². The smallest absolute Gasteiger partial charge is 0.164 e. The van der Waals surface area contributed by atoms with E-state index in [1.54, 1.807) is 0 Å². The largest absolute Gasteiger partial charge is 0.398 e. The Morgan fingerprint density at radius 2 is 2.17 bits per heavy atom. The van der Waals surface area contributed by atoms with Crippen molar-refractivity contribution < 1.29 is 9.18 Å². The van der Waals surface area contributed by atoms with Gasteiger partial charge in [-0.15, -0.1) is 0 Å². The molecule has 64 valence electrons. The molecule has 0 aliphatic carbocycles. The van der Waals surface area contributed by atoms with Gasteiger partial charge >= 0.3 is 0 Å². The van der Waals surface area contributed by atoms with Crippen LogP contribution in [0, 0.1) is 5.82 Å². The number of ketones is 1. The highest BCUT2D eigenvalue weighted by atomic mass is 79.9. The summed E-state index contributed by atoms with van der Waals surface area (Å²) in [6.45, 7) is 1.28. The summed E-state index contributed by atoms with van der Waals surface area (Å²) in [6.07, 6.45) is 0. The number of hydrogen-bond acceptors (Lipinski definition) is 2. The second-order valence-corrected chi connectivity index (χ2v) is 3.32. The number of hydrogen-bond donors (Lipinski definition) is 1. The van der Waals surface area contributed by atoms with E-state index >= 15 is 0 Å². The van der Waals surface area contributed by atoms with E-state index < -0.39 is 5.82 Å². The summed E-state index contributed by atoms with van der Waals surface area (Å²) in [5, 5.41) is 0. The summed E-state index contributed by atoms with van der Waals surface area (Å²) in [5.74, 6) is -0.952. The van der Waals surface area contributed by atoms with Crippen LogP contribution in [0.2, 0.25) is 0 Å². The summed E-state index contributed by atoms with van der Waals surface area (Å²) < 4.78 is 13.6. The highest BCUT2D eigenvalue weighted by molar-refractivity contribution is 9.10. The van der Waals surface area contributed by atoms with Crippen LogP contribution in [-0.4, -0.2) is 5.78 Å². The van der Waals surface area contributed by atoms with Crippen LogP contribution in [0.1, 0.15) is 17.3 Å². The first kappa shape index (κ1) is 9.19. The molecule has 2 nitrogen and oxygen atoms in total. The molecule has 0 atom stereocenters. The number of rotatable bonds is 1. The lowest BCUT2D eigenvalue weighted by Crippen LogP contribution is -2.03. The molecule has 0 radical (unpaired) electrons. The van der Waals surface area contributed by atoms with Gasteiger partial charge in [0.05, 0.1) is 5.56 Å². The topological polar surface area (TPSA) is 43.1 Å². The van der Waals surface area contributed by atoms with Crippen molar-refractivity contribution in [1.82, 2.24) is 0 Å². The van der Waals surface area contributed by atoms with Crippen molar-refractivity contribution in [3.05, 3.63) is 28.0 Å². The van der Waals surface area contributed by atoms with Crippen molar-refractivity contribution in [3.63, 3.8) is 0 Å². The van der Waals surface area contributed by atoms with Gasteiger partial charge in [0.25, 0.3) is 0 Å². The lowest BCUT2D eigenvalue weighted by atomic mass is 10.1. The van der Waals surface area contributed by atoms with Gasteiger partial charge in [-0.25, -0.2) is 4.39 Å². The van der Waals surface area contributed by atoms with E-state index in [0.29, 0.717) is 4.47 Å². The highest BCUT2D eigenvalue weighted by Gasteiger charge is 2.11. The molecule has 0 unspecified atom stereocenters. The van der Waals surface area contributed by atoms with Crippen LogP contribution in [0.15, 0.2) is 16.6 Å². The molecule has 0 fully saturated rings. The van der Waals surface area contributed by atoms with Gasteiger partial charge in [-0.1, -0.05) is 15.9 Å². The molecule has 0 saturated heterocycles. The standard InChI is InChI=1S/C8H7BrFNO/c1-4(12)8-6(10)2-5(9)3-7(8)11/h2-3H,11H2,1H3. The Hall–Kier alpha value is -0.900. The highest BCUT2D eigenvalue weighted by Crippen LogP contribution is 2.22. The summed E-state index contributed by atoms with van der Waals surface area (Å²) in [4.78, 5) is 10.9. The van der Waals surface area contributed by atoms with Crippen molar-refractivity contribution in [3.8, 4) is 0 Å². The van der Waals surface area contributed by atoms with Crippen molar-refractivity contribution >= 4 is 27.4 Å². The summed E-state index contributed by atoms with van der Waals surface area (Å²) in [7, 11) is 0. The lowest BCUT2D eigenvalue weighted by molar-refractivity contribution is 0.101. The monoisotopic (exact) mass is 231 g/mol. The maximum atomic E-state index is 13.0. The number of halogens is 2. The quantitative estimate of drug-likeness (QED) is 0.596. The zero-order valence-electron chi connectivity index (χ0n) is 6.40. The molecule has 0 heterocycles. The second kappa shape index (κ2) is 3.23. The Bertz CT molecular complexity index is 315. The molecule has 0 amide bonds. The van der Waals surface area contributed by atoms with Crippen molar-refractivity contribution in [2.45, 2.75) is 6.92 Å². The predicted molar refractivity (Wildman–Crippen MR) is 48.5 cm³/mol. The summed E-state index contributed by atoms with van der Waals surface area (Å²) in [5.41, 5.74) is 5.55. The number of carbonyl (C=O) groups excluding carboxylic acids is 1. The Morgan fingerprint density at radius 3 is 2.58 bits per heavy atom. The van der Waals surface area contributed by atoms with Gasteiger partial charge in [0.15, 0.2) is 5.78 Å². The van der Waals surface area contributed by atoms with E-state index in [0.717, 1.165) is 0 Å². The maximum absolute atomic E-state index is 13.0. The van der Waals surface area contributed by atoms with Gasteiger partial charge in [0, 0.05) is 10.2 Å². The molecule has 0 aliphatic heterocycles. The first-order valence-electron chi connectivity index (χ1n) is 3.28. The number of benzene rings is 1. The molecule has 4 heteroatoms. The number of Topliss-reactive ketones (excluding diaryl/α,β-unsaturated/α-hetero) is 1. The Kier molecular flexibility index (Phi) is 2.47. The third-order valence-electron chi connectivity index (χ3n) is 1.44. The summed E-state index contributed by atoms with van der Waals surface area (Å²) >= 11 is 3.06. The van der Waals surface area contributed by atoms with Crippen LogP contribution >= 0.6 is 15.9 Å². The molecule has 0 saturated carbocycles. The first-order valence-corrected chi connectivity index (χ1v) is 4.07. The van der Waals surface area contributed by atoms with E-state index in [2.05, 4.69) is 15.9 Å². The zero-order valence-corrected chi connectivity index (χ0v) is 7.98. The minimum absolute atomic E-state index is 0.0433. The van der Waals surface area contributed by atoms with E-state index in [4.69, 9.17) is 5.73 Å². The number of carbonyl (C=O) groups is 1. The van der Waals surface area contributed by atoms with Gasteiger partial charge in [0.1, 0.15) is 5.82 Å². The van der Waals surface area contributed by atoms with Crippen LogP contribution in [0.25, 0.3) is 0 Å². The lowest BCUT2D eigenvalue weighted by Gasteiger charge is -2.03. The van der Waals surface area contributed by atoms with E-state index in [1.807, 2.05) is 0 Å². The van der Waals surface area contributed by atoms with Gasteiger partial charge in [0.2, 0.25) is 0 Å². The Balaban J connectivity index is 3.38. The van der Waals surface area contributed by atoms with E-state index in [1.165, 1.54) is 19.1 Å². The van der Waals surface area contributed by atoms with Gasteiger partial charge in [-0.3, -0.25) is 4.79 Å². The minimum Gasteiger partial charge on any atom is -0.398 e. The summed E-state index contributed by atoms with van der Waals surface area (Å²) in [6, 6.07) is 2.72. The SMILES string of the molecule is CC(=O)c1c(N)cc(Br)cc1F. The molecule has 12 heavy (non-hydrogen) atoms. The number of anilines is 1. The normalized spacial score (nSPS) is 9.92. The Labute approximate surface area is 77.7 Å². The molecular formula is C8H7BrFNO. The maximum Gasteiger partial charge on any atom is 0.164 e. The molecule has 0 aromatic heterocycles. The average Bonchev–Trinajstić information content (AvgIpc) is 1.82. The van der Waals surface area contributed by atoms with Crippen molar-refractivity contribution in [2.75, 3.05) is 5.73 Å². The zero-order chi connectivity index (χ0) is 9.30. The predicted octanol–water partition coefficient (Wildman–Crippen LogP) is 2.37. The number of nitrogens with two attached hydrogens (primary N) is 1. The van der Waals surface area contributed by atoms with Crippen LogP contribution in [0.4, 0.5) is 10.1 Å². The third kappa shape index (κ3) is 1.64. The van der Waals surface area contributed by atoms with Crippen molar-refractivity contribution in [1.29, 1.82) is 0 Å². The Morgan fingerprint density at radius 1 is 1.58 bits per heavy atom. The molecule has 1 rings (SSSR count). The van der Waals surface area contributed by atoms with E-state index in [-0.39, 0.29) is 17.0 Å². The molecule has 2 N–H and O–H groups in total. The molecule has 1 aromatic carbocycles. The average molecular weight is 232 g/mol. The number of nitrogen functional groups attached to an aromatic ring is 1. The van der Waals surface area contributed by atoms with Gasteiger partial charge < -0.3 is 5.73 Å². The van der Waals surface area contributed by atoms with Gasteiger partial charge in [-0.2, -0.15) is 0 Å². The fourth-order valence-electron chi connectivity index (χ4n) is 0.965. The fraction of sp³-hybridized carbons (Fsp3) is 0.125. The fourth-order valence-corrected chi connectivity index (χ4v) is 1.41. The van der Waals surface area contributed by atoms with Crippen LogP contribution in [0.3, 0.4) is 0 Å². The third-order valence-corrected chi connectivity index (χ3v) is 1.90. The first-order chi connectivity index (χ1) is 5.52. The van der Waals surface area contributed by atoms with Crippen molar-refractivity contribution in [2.24, 2.45) is 0 Å². The molecule has 1 aromatic rings. The van der Waals surface area contributed by atoms with Crippen LogP contribution < -0.4 is 5.73 Å². The minimum atomic E-state index is -0.589. The molecule has 0 spiro atoms.